The lowest BCUT2D eigenvalue weighted by atomic mass is 10.3. The fourth-order valence-electron chi connectivity index (χ4n) is 1.34. The molecule has 1 aromatic rings. The standard InChI is InChI=1S/C12H16Cl3NO/c1-2-4-16-5-3-6-17-12-10(14)7-9(13)8-11(12)15/h7-8,16H,2-6H2,1H3. The van der Waals surface area contributed by atoms with E-state index in [2.05, 4.69) is 12.2 Å². The van der Waals surface area contributed by atoms with Gasteiger partial charge in [0.25, 0.3) is 0 Å². The van der Waals surface area contributed by atoms with Crippen molar-refractivity contribution in [3.63, 3.8) is 0 Å². The average Bonchev–Trinajstić information content (AvgIpc) is 2.26. The Hall–Kier alpha value is -0.150. The Balaban J connectivity index is 2.36. The number of benzene rings is 1. The summed E-state index contributed by atoms with van der Waals surface area (Å²) >= 11 is 17.8. The molecule has 0 radical (unpaired) electrons. The lowest BCUT2D eigenvalue weighted by molar-refractivity contribution is 0.308. The molecule has 1 aromatic carbocycles. The Bertz CT molecular complexity index is 335. The van der Waals surface area contributed by atoms with Crippen molar-refractivity contribution in [2.24, 2.45) is 0 Å². The zero-order chi connectivity index (χ0) is 12.7. The van der Waals surface area contributed by atoms with Gasteiger partial charge < -0.3 is 10.1 Å². The van der Waals surface area contributed by atoms with E-state index in [1.165, 1.54) is 0 Å². The summed E-state index contributed by atoms with van der Waals surface area (Å²) in [5.74, 6) is 0.508. The molecular formula is C12H16Cl3NO. The first-order valence-electron chi connectivity index (χ1n) is 5.63. The molecule has 0 heterocycles. The van der Waals surface area contributed by atoms with Crippen molar-refractivity contribution in [2.45, 2.75) is 19.8 Å². The lowest BCUT2D eigenvalue weighted by Crippen LogP contribution is -2.18. The topological polar surface area (TPSA) is 21.3 Å². The highest BCUT2D eigenvalue weighted by molar-refractivity contribution is 6.40. The van der Waals surface area contributed by atoms with Gasteiger partial charge in [-0.15, -0.1) is 0 Å². The van der Waals surface area contributed by atoms with Crippen molar-refractivity contribution in [2.75, 3.05) is 19.7 Å². The zero-order valence-electron chi connectivity index (χ0n) is 9.73. The van der Waals surface area contributed by atoms with Gasteiger partial charge in [-0.3, -0.25) is 0 Å². The van der Waals surface area contributed by atoms with Crippen LogP contribution in [0.25, 0.3) is 0 Å². The molecule has 2 nitrogen and oxygen atoms in total. The summed E-state index contributed by atoms with van der Waals surface area (Å²) in [6, 6.07) is 3.25. The van der Waals surface area contributed by atoms with Gasteiger partial charge in [-0.25, -0.2) is 0 Å². The van der Waals surface area contributed by atoms with Crippen molar-refractivity contribution >= 4 is 34.8 Å². The number of hydrogen-bond donors (Lipinski definition) is 1. The molecule has 0 amide bonds. The van der Waals surface area contributed by atoms with Crippen LogP contribution in [0, 0.1) is 0 Å². The van der Waals surface area contributed by atoms with Gasteiger partial charge in [0, 0.05) is 5.02 Å². The highest BCUT2D eigenvalue weighted by Crippen LogP contribution is 2.35. The molecule has 0 saturated carbocycles. The van der Waals surface area contributed by atoms with Crippen LogP contribution in [0.4, 0.5) is 0 Å². The number of nitrogens with one attached hydrogen (secondary N) is 1. The molecule has 0 spiro atoms. The first-order chi connectivity index (χ1) is 8.15. The van der Waals surface area contributed by atoms with Gasteiger partial charge in [0.15, 0.2) is 5.75 Å². The van der Waals surface area contributed by atoms with E-state index >= 15 is 0 Å². The van der Waals surface area contributed by atoms with Crippen LogP contribution in [0.15, 0.2) is 12.1 Å². The molecule has 5 heteroatoms. The highest BCUT2D eigenvalue weighted by Gasteiger charge is 2.08. The first-order valence-corrected chi connectivity index (χ1v) is 6.76. The van der Waals surface area contributed by atoms with E-state index in [0.717, 1.165) is 25.9 Å². The Labute approximate surface area is 117 Å². The molecule has 0 aliphatic carbocycles. The normalized spacial score (nSPS) is 10.6. The second-order valence-electron chi connectivity index (χ2n) is 3.65. The molecule has 0 aliphatic rings. The SMILES string of the molecule is CCCNCCCOc1c(Cl)cc(Cl)cc1Cl. The van der Waals surface area contributed by atoms with E-state index in [9.17, 15) is 0 Å². The molecule has 0 unspecified atom stereocenters. The molecule has 0 aromatic heterocycles. The van der Waals surface area contributed by atoms with Crippen LogP contribution in [-0.2, 0) is 0 Å². The van der Waals surface area contributed by atoms with Crippen LogP contribution in [0.1, 0.15) is 19.8 Å². The molecule has 1 N–H and O–H groups in total. The van der Waals surface area contributed by atoms with Crippen molar-refractivity contribution in [1.82, 2.24) is 5.32 Å². The van der Waals surface area contributed by atoms with E-state index in [1.54, 1.807) is 12.1 Å². The minimum absolute atomic E-state index is 0.448. The van der Waals surface area contributed by atoms with Gasteiger partial charge in [0.05, 0.1) is 16.7 Å². The fourth-order valence-corrected chi connectivity index (χ4v) is 2.27. The fraction of sp³-hybridized carbons (Fsp3) is 0.500. The minimum atomic E-state index is 0.448. The van der Waals surface area contributed by atoms with Crippen molar-refractivity contribution in [3.05, 3.63) is 27.2 Å². The summed E-state index contributed by atoms with van der Waals surface area (Å²) in [5.41, 5.74) is 0. The largest absolute Gasteiger partial charge is 0.490 e. The Morgan fingerprint density at radius 1 is 1.12 bits per heavy atom. The molecule has 0 aliphatic heterocycles. The van der Waals surface area contributed by atoms with Crippen LogP contribution in [0.3, 0.4) is 0 Å². The molecule has 96 valence electrons. The van der Waals surface area contributed by atoms with E-state index in [4.69, 9.17) is 39.5 Å². The molecular weight excluding hydrogens is 280 g/mol. The third kappa shape index (κ3) is 5.35. The maximum atomic E-state index is 5.99. The van der Waals surface area contributed by atoms with E-state index in [1.807, 2.05) is 0 Å². The summed E-state index contributed by atoms with van der Waals surface area (Å²) in [7, 11) is 0. The average molecular weight is 297 g/mol. The van der Waals surface area contributed by atoms with Crippen LogP contribution in [0.5, 0.6) is 5.75 Å². The van der Waals surface area contributed by atoms with Crippen molar-refractivity contribution in [1.29, 1.82) is 0 Å². The van der Waals surface area contributed by atoms with Crippen LogP contribution < -0.4 is 10.1 Å². The van der Waals surface area contributed by atoms with Gasteiger partial charge in [-0.05, 0) is 38.1 Å². The summed E-state index contributed by atoms with van der Waals surface area (Å²) in [6.45, 7) is 4.67. The quantitative estimate of drug-likeness (QED) is 0.752. The Morgan fingerprint density at radius 3 is 2.35 bits per heavy atom. The number of ether oxygens (including phenoxy) is 1. The van der Waals surface area contributed by atoms with Gasteiger partial charge in [-0.1, -0.05) is 41.7 Å². The maximum Gasteiger partial charge on any atom is 0.156 e. The van der Waals surface area contributed by atoms with E-state index < -0.39 is 0 Å². The number of halogens is 3. The lowest BCUT2D eigenvalue weighted by Gasteiger charge is -2.10. The predicted molar refractivity (Wildman–Crippen MR) is 74.7 cm³/mol. The second kappa shape index (κ2) is 8.04. The summed E-state index contributed by atoms with van der Waals surface area (Å²) < 4.78 is 5.54. The summed E-state index contributed by atoms with van der Waals surface area (Å²) in [4.78, 5) is 0. The van der Waals surface area contributed by atoms with Gasteiger partial charge in [0.1, 0.15) is 0 Å². The third-order valence-electron chi connectivity index (χ3n) is 2.13. The van der Waals surface area contributed by atoms with Crippen LogP contribution in [0.2, 0.25) is 15.1 Å². The van der Waals surface area contributed by atoms with Crippen molar-refractivity contribution < 1.29 is 4.74 Å². The number of rotatable bonds is 7. The highest BCUT2D eigenvalue weighted by atomic mass is 35.5. The summed E-state index contributed by atoms with van der Waals surface area (Å²) in [6.07, 6.45) is 2.05. The van der Waals surface area contributed by atoms with Crippen LogP contribution >= 0.6 is 34.8 Å². The Kier molecular flexibility index (Phi) is 7.05. The van der Waals surface area contributed by atoms with Gasteiger partial charge in [0.2, 0.25) is 0 Å². The van der Waals surface area contributed by atoms with Gasteiger partial charge in [-0.2, -0.15) is 0 Å². The molecule has 17 heavy (non-hydrogen) atoms. The van der Waals surface area contributed by atoms with Crippen LogP contribution in [-0.4, -0.2) is 19.7 Å². The molecule has 0 fully saturated rings. The maximum absolute atomic E-state index is 5.99. The predicted octanol–water partition coefficient (Wildman–Crippen LogP) is 4.42. The number of hydrogen-bond acceptors (Lipinski definition) is 2. The van der Waals surface area contributed by atoms with Gasteiger partial charge >= 0.3 is 0 Å². The monoisotopic (exact) mass is 295 g/mol. The second-order valence-corrected chi connectivity index (χ2v) is 4.90. The zero-order valence-corrected chi connectivity index (χ0v) is 12.0. The minimum Gasteiger partial charge on any atom is -0.490 e. The summed E-state index contributed by atoms with van der Waals surface area (Å²) in [5, 5.41) is 4.70. The molecule has 0 saturated heterocycles. The molecule has 0 bridgehead atoms. The molecule has 1 rings (SSSR count). The van der Waals surface area contributed by atoms with E-state index in [0.29, 0.717) is 27.4 Å². The molecule has 0 atom stereocenters. The third-order valence-corrected chi connectivity index (χ3v) is 2.91. The Morgan fingerprint density at radius 2 is 1.76 bits per heavy atom. The van der Waals surface area contributed by atoms with Crippen molar-refractivity contribution in [3.8, 4) is 5.75 Å². The smallest absolute Gasteiger partial charge is 0.156 e. The first kappa shape index (κ1) is 14.9. The van der Waals surface area contributed by atoms with E-state index in [-0.39, 0.29) is 0 Å².